The van der Waals surface area contributed by atoms with Crippen LogP contribution in [0.25, 0.3) is 0 Å². The van der Waals surface area contributed by atoms with Crippen LogP contribution in [0.4, 0.5) is 0 Å². The Kier molecular flexibility index (Phi) is 2.25. The Hall–Kier alpha value is -0.340. The second kappa shape index (κ2) is 2.99. The molecule has 1 aliphatic rings. The fraction of sp³-hybridized carbons (Fsp3) is 0.714. The summed E-state index contributed by atoms with van der Waals surface area (Å²) >= 11 is 0. The van der Waals surface area contributed by atoms with Gasteiger partial charge in [0.1, 0.15) is 0 Å². The van der Waals surface area contributed by atoms with Crippen molar-refractivity contribution >= 4 is 0 Å². The molecule has 0 spiro atoms. The van der Waals surface area contributed by atoms with Crippen LogP contribution < -0.4 is 5.73 Å². The van der Waals surface area contributed by atoms with E-state index in [2.05, 4.69) is 6.08 Å². The van der Waals surface area contributed by atoms with Crippen LogP contribution in [0, 0.1) is 5.92 Å². The van der Waals surface area contributed by atoms with Gasteiger partial charge in [-0.1, -0.05) is 12.2 Å². The predicted octanol–water partition coefficient (Wildman–Crippen LogP) is 0.272. The van der Waals surface area contributed by atoms with Crippen LogP contribution in [0.15, 0.2) is 12.2 Å². The number of aliphatic hydroxyl groups excluding tert-OH is 1. The van der Waals surface area contributed by atoms with Gasteiger partial charge in [0.25, 0.3) is 0 Å². The molecule has 1 rings (SSSR count). The van der Waals surface area contributed by atoms with E-state index in [0.29, 0.717) is 5.92 Å². The van der Waals surface area contributed by atoms with E-state index in [0.717, 1.165) is 12.8 Å². The molecule has 2 nitrogen and oxygen atoms in total. The second-order valence-corrected chi connectivity index (χ2v) is 2.61. The average molecular weight is 127 g/mol. The van der Waals surface area contributed by atoms with E-state index >= 15 is 0 Å². The van der Waals surface area contributed by atoms with Gasteiger partial charge in [-0.05, 0) is 18.8 Å². The van der Waals surface area contributed by atoms with Gasteiger partial charge in [0.2, 0.25) is 0 Å². The highest BCUT2D eigenvalue weighted by Crippen LogP contribution is 2.15. The molecule has 0 saturated heterocycles. The standard InChI is InChI=1S/C7H13NO/c8-7-3-1-2-6(4-7)5-9/h1,3,6-7,9H,2,4-5,8H2/t6-,7+/m0/s1. The minimum Gasteiger partial charge on any atom is -0.396 e. The molecular weight excluding hydrogens is 114 g/mol. The highest BCUT2D eigenvalue weighted by Gasteiger charge is 2.12. The highest BCUT2D eigenvalue weighted by molar-refractivity contribution is 4.98. The van der Waals surface area contributed by atoms with Crippen molar-refractivity contribution < 1.29 is 5.11 Å². The molecule has 0 fully saturated rings. The maximum absolute atomic E-state index is 8.72. The summed E-state index contributed by atoms with van der Waals surface area (Å²) in [7, 11) is 0. The molecule has 2 atom stereocenters. The summed E-state index contributed by atoms with van der Waals surface area (Å²) in [4.78, 5) is 0. The summed E-state index contributed by atoms with van der Waals surface area (Å²) in [5.41, 5.74) is 5.60. The zero-order valence-electron chi connectivity index (χ0n) is 5.46. The third-order valence-electron chi connectivity index (χ3n) is 1.72. The largest absolute Gasteiger partial charge is 0.396 e. The first-order valence-corrected chi connectivity index (χ1v) is 3.36. The lowest BCUT2D eigenvalue weighted by Crippen LogP contribution is -2.25. The summed E-state index contributed by atoms with van der Waals surface area (Å²) in [6.45, 7) is 0.276. The first kappa shape index (κ1) is 6.78. The number of allylic oxidation sites excluding steroid dienone is 1. The fourth-order valence-corrected chi connectivity index (χ4v) is 1.15. The minimum absolute atomic E-state index is 0.177. The van der Waals surface area contributed by atoms with Crippen molar-refractivity contribution in [2.24, 2.45) is 11.7 Å². The van der Waals surface area contributed by atoms with Crippen molar-refractivity contribution in [2.45, 2.75) is 18.9 Å². The van der Waals surface area contributed by atoms with Gasteiger partial charge in [0.15, 0.2) is 0 Å². The Morgan fingerprint density at radius 2 is 2.44 bits per heavy atom. The van der Waals surface area contributed by atoms with Gasteiger partial charge >= 0.3 is 0 Å². The van der Waals surface area contributed by atoms with E-state index < -0.39 is 0 Å². The lowest BCUT2D eigenvalue weighted by Gasteiger charge is -2.19. The topological polar surface area (TPSA) is 46.2 Å². The van der Waals surface area contributed by atoms with E-state index in [9.17, 15) is 0 Å². The van der Waals surface area contributed by atoms with Gasteiger partial charge in [-0.2, -0.15) is 0 Å². The molecule has 0 heterocycles. The zero-order chi connectivity index (χ0) is 6.69. The molecule has 0 amide bonds. The summed E-state index contributed by atoms with van der Waals surface area (Å²) < 4.78 is 0. The van der Waals surface area contributed by atoms with E-state index in [-0.39, 0.29) is 12.6 Å². The quantitative estimate of drug-likeness (QED) is 0.497. The molecule has 3 N–H and O–H groups in total. The summed E-state index contributed by atoms with van der Waals surface area (Å²) in [6, 6.07) is 0.177. The van der Waals surface area contributed by atoms with Crippen LogP contribution in [0.5, 0.6) is 0 Å². The Morgan fingerprint density at radius 1 is 1.67 bits per heavy atom. The number of nitrogens with two attached hydrogens (primary N) is 1. The second-order valence-electron chi connectivity index (χ2n) is 2.61. The Morgan fingerprint density at radius 3 is 2.89 bits per heavy atom. The average Bonchev–Trinajstić information content (AvgIpc) is 1.88. The molecule has 0 aliphatic heterocycles. The molecule has 0 bridgehead atoms. The monoisotopic (exact) mass is 127 g/mol. The van der Waals surface area contributed by atoms with E-state index in [1.165, 1.54) is 0 Å². The molecule has 2 heteroatoms. The van der Waals surface area contributed by atoms with Gasteiger partial charge in [0, 0.05) is 12.6 Å². The van der Waals surface area contributed by atoms with Crippen molar-refractivity contribution in [1.82, 2.24) is 0 Å². The third-order valence-corrected chi connectivity index (χ3v) is 1.72. The van der Waals surface area contributed by atoms with Crippen LogP contribution in [0.2, 0.25) is 0 Å². The number of aliphatic hydroxyl groups is 1. The van der Waals surface area contributed by atoms with Crippen LogP contribution in [-0.2, 0) is 0 Å². The molecule has 0 unspecified atom stereocenters. The summed E-state index contributed by atoms with van der Waals surface area (Å²) in [5.74, 6) is 0.407. The highest BCUT2D eigenvalue weighted by atomic mass is 16.3. The van der Waals surface area contributed by atoms with E-state index in [1.807, 2.05) is 6.08 Å². The lowest BCUT2D eigenvalue weighted by molar-refractivity contribution is 0.213. The van der Waals surface area contributed by atoms with Gasteiger partial charge in [-0.15, -0.1) is 0 Å². The molecule has 9 heavy (non-hydrogen) atoms. The summed E-state index contributed by atoms with van der Waals surface area (Å²) in [6.07, 6.45) is 5.98. The van der Waals surface area contributed by atoms with Crippen LogP contribution in [0.3, 0.4) is 0 Å². The first-order chi connectivity index (χ1) is 4.33. The molecule has 0 radical (unpaired) electrons. The van der Waals surface area contributed by atoms with E-state index in [1.54, 1.807) is 0 Å². The predicted molar refractivity (Wildman–Crippen MR) is 36.9 cm³/mol. The Bertz CT molecular complexity index is 111. The Labute approximate surface area is 55.4 Å². The van der Waals surface area contributed by atoms with Gasteiger partial charge in [-0.3, -0.25) is 0 Å². The molecule has 0 aromatic heterocycles. The Balaban J connectivity index is 2.38. The van der Waals surface area contributed by atoms with Crippen molar-refractivity contribution in [3.05, 3.63) is 12.2 Å². The normalized spacial score (nSPS) is 34.9. The number of rotatable bonds is 1. The third kappa shape index (κ3) is 1.80. The minimum atomic E-state index is 0.177. The van der Waals surface area contributed by atoms with Gasteiger partial charge < -0.3 is 10.8 Å². The van der Waals surface area contributed by atoms with Gasteiger partial charge in [-0.25, -0.2) is 0 Å². The SMILES string of the molecule is N[C@@H]1C=CC[C@H](CO)C1. The smallest absolute Gasteiger partial charge is 0.0462 e. The van der Waals surface area contributed by atoms with Crippen LogP contribution in [-0.4, -0.2) is 17.8 Å². The van der Waals surface area contributed by atoms with Crippen molar-refractivity contribution in [3.63, 3.8) is 0 Å². The lowest BCUT2D eigenvalue weighted by atomic mass is 9.92. The zero-order valence-corrected chi connectivity index (χ0v) is 5.46. The first-order valence-electron chi connectivity index (χ1n) is 3.36. The number of hydrogen-bond acceptors (Lipinski definition) is 2. The molecule has 0 aromatic carbocycles. The molecule has 0 saturated carbocycles. The van der Waals surface area contributed by atoms with Crippen molar-refractivity contribution in [1.29, 1.82) is 0 Å². The van der Waals surface area contributed by atoms with Gasteiger partial charge in [0.05, 0.1) is 0 Å². The van der Waals surface area contributed by atoms with E-state index in [4.69, 9.17) is 10.8 Å². The van der Waals surface area contributed by atoms with Crippen LogP contribution >= 0.6 is 0 Å². The van der Waals surface area contributed by atoms with Crippen molar-refractivity contribution in [3.8, 4) is 0 Å². The molecule has 52 valence electrons. The number of hydrogen-bond donors (Lipinski definition) is 2. The molecule has 0 aromatic rings. The molecule has 1 aliphatic carbocycles. The molecular formula is C7H13NO. The maximum atomic E-state index is 8.72. The van der Waals surface area contributed by atoms with Crippen molar-refractivity contribution in [2.75, 3.05) is 6.61 Å². The van der Waals surface area contributed by atoms with Crippen LogP contribution in [0.1, 0.15) is 12.8 Å². The fourth-order valence-electron chi connectivity index (χ4n) is 1.15. The maximum Gasteiger partial charge on any atom is 0.0462 e. The summed E-state index contributed by atoms with van der Waals surface area (Å²) in [5, 5.41) is 8.72.